The van der Waals surface area contributed by atoms with Gasteiger partial charge in [0, 0.05) is 18.3 Å². The van der Waals surface area contributed by atoms with E-state index in [1.54, 1.807) is 30.6 Å². The molecule has 7 heteroatoms. The van der Waals surface area contributed by atoms with Gasteiger partial charge in [-0.25, -0.2) is 14.4 Å². The van der Waals surface area contributed by atoms with E-state index in [-0.39, 0.29) is 11.9 Å². The van der Waals surface area contributed by atoms with Gasteiger partial charge in [-0.3, -0.25) is 4.90 Å². The molecule has 25 heavy (non-hydrogen) atoms. The molecule has 1 aliphatic rings. The van der Waals surface area contributed by atoms with Gasteiger partial charge in [-0.2, -0.15) is 0 Å². The molecule has 2 aromatic heterocycles. The van der Waals surface area contributed by atoms with E-state index in [1.807, 2.05) is 11.9 Å². The van der Waals surface area contributed by atoms with Crippen molar-refractivity contribution in [1.29, 1.82) is 0 Å². The molecule has 1 aliphatic carbocycles. The van der Waals surface area contributed by atoms with Crippen molar-refractivity contribution in [1.82, 2.24) is 25.1 Å². The molecule has 1 aromatic carbocycles. The minimum absolute atomic E-state index is 0.238. The van der Waals surface area contributed by atoms with Crippen molar-refractivity contribution in [3.63, 3.8) is 0 Å². The fraction of sp³-hybridized carbons (Fsp3) is 0.333. The van der Waals surface area contributed by atoms with Gasteiger partial charge >= 0.3 is 0 Å². The van der Waals surface area contributed by atoms with Gasteiger partial charge in [0.15, 0.2) is 0 Å². The van der Waals surface area contributed by atoms with Crippen LogP contribution >= 0.6 is 0 Å². The minimum Gasteiger partial charge on any atom is -0.424 e. The monoisotopic (exact) mass is 339 g/mol. The third-order valence-electron chi connectivity index (χ3n) is 4.25. The number of halogens is 1. The quantitative estimate of drug-likeness (QED) is 0.687. The Labute approximate surface area is 144 Å². The van der Waals surface area contributed by atoms with Crippen molar-refractivity contribution in [2.45, 2.75) is 31.3 Å². The van der Waals surface area contributed by atoms with E-state index in [0.717, 1.165) is 24.3 Å². The van der Waals surface area contributed by atoms with Crippen molar-refractivity contribution in [3.05, 3.63) is 71.7 Å². The summed E-state index contributed by atoms with van der Waals surface area (Å²) in [4.78, 5) is 10.8. The van der Waals surface area contributed by atoms with Crippen LogP contribution in [0.15, 0.2) is 47.1 Å². The van der Waals surface area contributed by atoms with E-state index >= 15 is 0 Å². The zero-order valence-corrected chi connectivity index (χ0v) is 13.8. The van der Waals surface area contributed by atoms with Crippen LogP contribution in [-0.4, -0.2) is 32.1 Å². The van der Waals surface area contributed by atoms with Crippen molar-refractivity contribution in [2.24, 2.45) is 0 Å². The van der Waals surface area contributed by atoms with Crippen LogP contribution in [0.1, 0.15) is 48.0 Å². The first-order chi connectivity index (χ1) is 12.2. The number of hydrogen-bond acceptors (Lipinski definition) is 6. The molecule has 1 saturated carbocycles. The third-order valence-corrected chi connectivity index (χ3v) is 4.25. The van der Waals surface area contributed by atoms with Crippen LogP contribution in [-0.2, 0) is 6.54 Å². The van der Waals surface area contributed by atoms with Crippen molar-refractivity contribution in [2.75, 3.05) is 7.05 Å². The highest BCUT2D eigenvalue weighted by Gasteiger charge is 2.30. The average Bonchev–Trinajstić information content (AvgIpc) is 3.38. The number of aromatic nitrogens is 4. The van der Waals surface area contributed by atoms with Gasteiger partial charge in [-0.1, -0.05) is 12.1 Å². The second-order valence-electron chi connectivity index (χ2n) is 6.28. The summed E-state index contributed by atoms with van der Waals surface area (Å²) in [6.45, 7) is 0.458. The lowest BCUT2D eigenvalue weighted by atomic mass is 10.0. The summed E-state index contributed by atoms with van der Waals surface area (Å²) >= 11 is 0. The van der Waals surface area contributed by atoms with Gasteiger partial charge in [0.2, 0.25) is 11.8 Å². The predicted octanol–water partition coefficient (Wildman–Crippen LogP) is 3.10. The van der Waals surface area contributed by atoms with Crippen LogP contribution in [0.2, 0.25) is 0 Å². The SMILES string of the molecule is CN(Cc1nnc(C2CC2)o1)C(c1ccc(F)cc1)c1ncccn1. The number of nitrogens with zero attached hydrogens (tertiary/aromatic N) is 5. The maximum Gasteiger partial charge on any atom is 0.230 e. The predicted molar refractivity (Wildman–Crippen MR) is 88.0 cm³/mol. The highest BCUT2D eigenvalue weighted by atomic mass is 19.1. The molecule has 0 aliphatic heterocycles. The second-order valence-corrected chi connectivity index (χ2v) is 6.28. The van der Waals surface area contributed by atoms with E-state index in [1.165, 1.54) is 12.1 Å². The molecule has 128 valence electrons. The standard InChI is InChI=1S/C18H18FN5O/c1-24(11-15-22-23-18(25-15)13-3-4-13)16(17-20-9-2-10-21-17)12-5-7-14(19)8-6-12/h2,5-10,13,16H,3-4,11H2,1H3. The number of benzene rings is 1. The normalized spacial score (nSPS) is 15.5. The van der Waals surface area contributed by atoms with Crippen molar-refractivity contribution < 1.29 is 8.81 Å². The van der Waals surface area contributed by atoms with E-state index in [0.29, 0.717) is 24.2 Å². The van der Waals surface area contributed by atoms with Crippen LogP contribution < -0.4 is 0 Å². The topological polar surface area (TPSA) is 67.9 Å². The maximum absolute atomic E-state index is 13.3. The van der Waals surface area contributed by atoms with Crippen LogP contribution in [0, 0.1) is 5.82 Å². The highest BCUT2D eigenvalue weighted by molar-refractivity contribution is 5.25. The molecule has 3 aromatic rings. The molecule has 1 fully saturated rings. The van der Waals surface area contributed by atoms with Gasteiger partial charge < -0.3 is 4.42 Å². The highest BCUT2D eigenvalue weighted by Crippen LogP contribution is 2.39. The summed E-state index contributed by atoms with van der Waals surface area (Å²) in [6.07, 6.45) is 5.64. The molecule has 1 unspecified atom stereocenters. The van der Waals surface area contributed by atoms with E-state index in [2.05, 4.69) is 20.2 Å². The largest absolute Gasteiger partial charge is 0.424 e. The Bertz CT molecular complexity index is 832. The van der Waals surface area contributed by atoms with E-state index < -0.39 is 0 Å². The first kappa shape index (κ1) is 15.8. The van der Waals surface area contributed by atoms with E-state index in [9.17, 15) is 4.39 Å². The van der Waals surface area contributed by atoms with Gasteiger partial charge in [0.05, 0.1) is 12.6 Å². The van der Waals surface area contributed by atoms with Gasteiger partial charge in [-0.05, 0) is 43.7 Å². The number of rotatable bonds is 6. The minimum atomic E-state index is -0.273. The van der Waals surface area contributed by atoms with Crippen molar-refractivity contribution >= 4 is 0 Å². The van der Waals surface area contributed by atoms with Crippen LogP contribution in [0.5, 0.6) is 0 Å². The molecule has 0 N–H and O–H groups in total. The summed E-state index contributed by atoms with van der Waals surface area (Å²) in [7, 11) is 1.94. The molecule has 0 amide bonds. The molecule has 0 saturated heterocycles. The van der Waals surface area contributed by atoms with E-state index in [4.69, 9.17) is 4.42 Å². The molecule has 1 atom stereocenters. The van der Waals surface area contributed by atoms with Gasteiger partial charge in [-0.15, -0.1) is 10.2 Å². The Morgan fingerprint density at radius 2 is 1.88 bits per heavy atom. The average molecular weight is 339 g/mol. The van der Waals surface area contributed by atoms with Gasteiger partial charge in [0.25, 0.3) is 0 Å². The fourth-order valence-electron chi connectivity index (χ4n) is 2.83. The molecule has 0 spiro atoms. The first-order valence-electron chi connectivity index (χ1n) is 8.25. The number of hydrogen-bond donors (Lipinski definition) is 0. The zero-order chi connectivity index (χ0) is 17.2. The molecule has 0 radical (unpaired) electrons. The molecule has 0 bridgehead atoms. The summed E-state index contributed by atoms with van der Waals surface area (Å²) in [5.74, 6) is 2.07. The Balaban J connectivity index is 1.60. The maximum atomic E-state index is 13.3. The van der Waals surface area contributed by atoms with Gasteiger partial charge in [0.1, 0.15) is 11.6 Å². The lowest BCUT2D eigenvalue weighted by molar-refractivity contribution is 0.232. The lowest BCUT2D eigenvalue weighted by Crippen LogP contribution is -2.27. The lowest BCUT2D eigenvalue weighted by Gasteiger charge is -2.26. The molecule has 6 nitrogen and oxygen atoms in total. The summed E-state index contributed by atoms with van der Waals surface area (Å²) < 4.78 is 19.1. The summed E-state index contributed by atoms with van der Waals surface area (Å²) in [6, 6.07) is 7.91. The smallest absolute Gasteiger partial charge is 0.230 e. The summed E-state index contributed by atoms with van der Waals surface area (Å²) in [5, 5.41) is 8.27. The Morgan fingerprint density at radius 1 is 1.16 bits per heavy atom. The van der Waals surface area contributed by atoms with Crippen LogP contribution in [0.3, 0.4) is 0 Å². The fourth-order valence-corrected chi connectivity index (χ4v) is 2.83. The molecule has 4 rings (SSSR count). The van der Waals surface area contributed by atoms with Crippen LogP contribution in [0.4, 0.5) is 4.39 Å². The Morgan fingerprint density at radius 3 is 2.56 bits per heavy atom. The summed E-state index contributed by atoms with van der Waals surface area (Å²) in [5.41, 5.74) is 0.900. The van der Waals surface area contributed by atoms with Crippen LogP contribution in [0.25, 0.3) is 0 Å². The third kappa shape index (κ3) is 3.56. The Kier molecular flexibility index (Phi) is 4.23. The Hall–Kier alpha value is -2.67. The first-order valence-corrected chi connectivity index (χ1v) is 8.25. The van der Waals surface area contributed by atoms with Crippen molar-refractivity contribution in [3.8, 4) is 0 Å². The zero-order valence-electron chi connectivity index (χ0n) is 13.8. The molecular weight excluding hydrogens is 321 g/mol. The molecular formula is C18H18FN5O. The molecule has 2 heterocycles. The second kappa shape index (κ2) is 6.68.